The second kappa shape index (κ2) is 12.3. The van der Waals surface area contributed by atoms with Gasteiger partial charge in [0.2, 0.25) is 0 Å². The van der Waals surface area contributed by atoms with E-state index in [1.807, 2.05) is 30.3 Å². The average Bonchev–Trinajstić information content (AvgIpc) is 2.77. The van der Waals surface area contributed by atoms with Gasteiger partial charge in [-0.1, -0.05) is 49.4 Å². The number of phenolic OH excluding ortho intramolecular Hbond substituents is 1. The minimum atomic E-state index is -0.627. The van der Waals surface area contributed by atoms with Crippen molar-refractivity contribution < 1.29 is 32.4 Å². The Kier molecular flexibility index (Phi) is 10.1. The van der Waals surface area contributed by atoms with Crippen LogP contribution in [0, 0.1) is 0 Å². The van der Waals surface area contributed by atoms with E-state index >= 15 is 0 Å². The van der Waals surface area contributed by atoms with Crippen LogP contribution in [-0.2, 0) is 30.2 Å². The van der Waals surface area contributed by atoms with Crippen molar-refractivity contribution in [3.05, 3.63) is 59.7 Å². The fraction of sp³-hybridized carbons (Fsp3) is 0.478. The van der Waals surface area contributed by atoms with E-state index in [-0.39, 0.29) is 22.8 Å². The van der Waals surface area contributed by atoms with Crippen LogP contribution in [0.1, 0.15) is 18.1 Å². The molecular weight excluding hydrogens is 422 g/mol. The Hall–Kier alpha value is -1.60. The van der Waals surface area contributed by atoms with Crippen molar-refractivity contribution in [2.75, 3.05) is 45.8 Å². The predicted molar refractivity (Wildman–Crippen MR) is 110 cm³/mol. The normalized spacial score (nSPS) is 18.1. The van der Waals surface area contributed by atoms with Crippen molar-refractivity contribution >= 4 is 0 Å². The van der Waals surface area contributed by atoms with Crippen molar-refractivity contribution in [1.82, 2.24) is 14.7 Å². The molecule has 1 radical (unpaired) electrons. The molecule has 7 heteroatoms. The standard InChI is InChI=1S/C23H32N3O3.Fe/c1-19(27)16-24-10-12-25(17-20-6-2-4-8-22(20)28)14-15-26(13-11-24)18-21-7-3-5-9-23(21)29;/h2-9,19,28-29H,10-18H2,1H3;/q-1;+3/p-1/t19-;/m0./s1. The van der Waals surface area contributed by atoms with E-state index in [9.17, 15) is 15.3 Å². The first-order valence-corrected chi connectivity index (χ1v) is 10.4. The summed E-state index contributed by atoms with van der Waals surface area (Å²) in [5.41, 5.74) is 1.72. The third-order valence-corrected chi connectivity index (χ3v) is 5.46. The summed E-state index contributed by atoms with van der Waals surface area (Å²) in [6.07, 6.45) is -0.627. The molecule has 0 spiro atoms. The topological polar surface area (TPSA) is 76.1 Å². The molecule has 1 heterocycles. The Bertz CT molecular complexity index is 715. The van der Waals surface area contributed by atoms with Crippen LogP contribution in [0.25, 0.3) is 0 Å². The fourth-order valence-electron chi connectivity index (χ4n) is 3.81. The summed E-state index contributed by atoms with van der Waals surface area (Å²) in [5, 5.41) is 34.1. The second-order valence-corrected chi connectivity index (χ2v) is 7.90. The van der Waals surface area contributed by atoms with Gasteiger partial charge in [0.05, 0.1) is 0 Å². The molecule has 1 aliphatic rings. The molecule has 2 aromatic carbocycles. The van der Waals surface area contributed by atoms with Gasteiger partial charge in [-0.15, -0.1) is 11.9 Å². The van der Waals surface area contributed by atoms with Crippen molar-refractivity contribution in [3.8, 4) is 11.5 Å². The monoisotopic (exact) mass is 453 g/mol. The second-order valence-electron chi connectivity index (χ2n) is 7.90. The van der Waals surface area contributed by atoms with Crippen LogP contribution in [0.15, 0.2) is 48.5 Å². The van der Waals surface area contributed by atoms with Crippen LogP contribution >= 0.6 is 0 Å². The maximum Gasteiger partial charge on any atom is 3.00 e. The summed E-state index contributed by atoms with van der Waals surface area (Å²) in [5.74, 6) is 0.387. The van der Waals surface area contributed by atoms with Gasteiger partial charge in [-0.3, -0.25) is 9.80 Å². The molecule has 0 saturated carbocycles. The Morgan fingerprint density at radius 1 is 0.800 bits per heavy atom. The van der Waals surface area contributed by atoms with Crippen molar-refractivity contribution in [2.24, 2.45) is 0 Å². The Morgan fingerprint density at radius 3 is 1.80 bits per heavy atom. The SMILES string of the molecule is C[C@H]([O-])CN1CCN(Cc2ccccc2[O-])CCN(Cc2ccccc2O)CC1.[Fe+3]. The summed E-state index contributed by atoms with van der Waals surface area (Å²) in [7, 11) is 0. The van der Waals surface area contributed by atoms with Crippen molar-refractivity contribution in [1.29, 1.82) is 0 Å². The van der Waals surface area contributed by atoms with Crippen LogP contribution in [0.5, 0.6) is 11.5 Å². The molecule has 1 saturated heterocycles. The third kappa shape index (κ3) is 7.58. The Labute approximate surface area is 190 Å². The van der Waals surface area contributed by atoms with Crippen molar-refractivity contribution in [3.63, 3.8) is 0 Å². The van der Waals surface area contributed by atoms with E-state index in [4.69, 9.17) is 0 Å². The first kappa shape index (κ1) is 24.7. The van der Waals surface area contributed by atoms with Gasteiger partial charge >= 0.3 is 17.1 Å². The van der Waals surface area contributed by atoms with Gasteiger partial charge < -0.3 is 20.2 Å². The van der Waals surface area contributed by atoms with Crippen LogP contribution in [0.2, 0.25) is 0 Å². The van der Waals surface area contributed by atoms with Gasteiger partial charge in [0.1, 0.15) is 5.75 Å². The largest absolute Gasteiger partial charge is 3.00 e. The molecule has 2 aromatic rings. The predicted octanol–water partition coefficient (Wildman–Crippen LogP) is 0.832. The summed E-state index contributed by atoms with van der Waals surface area (Å²) < 4.78 is 0. The third-order valence-electron chi connectivity index (χ3n) is 5.46. The van der Waals surface area contributed by atoms with E-state index in [0.29, 0.717) is 25.4 Å². The first-order chi connectivity index (χ1) is 14.0. The molecule has 1 atom stereocenters. The zero-order valence-electron chi connectivity index (χ0n) is 17.5. The maximum atomic E-state index is 12.2. The summed E-state index contributed by atoms with van der Waals surface area (Å²) in [4.78, 5) is 6.83. The summed E-state index contributed by atoms with van der Waals surface area (Å²) in [6, 6.07) is 14.6. The van der Waals surface area contributed by atoms with E-state index in [1.165, 1.54) is 0 Å². The number of hydrogen-bond acceptors (Lipinski definition) is 6. The quantitative estimate of drug-likeness (QED) is 0.654. The summed E-state index contributed by atoms with van der Waals surface area (Å²) in [6.45, 7) is 8.50. The molecule has 1 aliphatic heterocycles. The number of hydrogen-bond donors (Lipinski definition) is 1. The van der Waals surface area contributed by atoms with Gasteiger partial charge in [0.25, 0.3) is 0 Å². The van der Waals surface area contributed by atoms with Crippen LogP contribution in [0.4, 0.5) is 0 Å². The van der Waals surface area contributed by atoms with E-state index < -0.39 is 6.10 Å². The molecule has 0 amide bonds. The average molecular weight is 453 g/mol. The Morgan fingerprint density at radius 2 is 1.27 bits per heavy atom. The number of rotatable bonds is 6. The molecule has 163 valence electrons. The van der Waals surface area contributed by atoms with Gasteiger partial charge in [-0.25, -0.2) is 0 Å². The molecule has 30 heavy (non-hydrogen) atoms. The smallest absolute Gasteiger partial charge is 0.872 e. The number of benzene rings is 2. The minimum Gasteiger partial charge on any atom is -0.872 e. The van der Waals surface area contributed by atoms with Gasteiger partial charge in [0.15, 0.2) is 0 Å². The molecule has 1 N–H and O–H groups in total. The fourth-order valence-corrected chi connectivity index (χ4v) is 3.81. The molecule has 0 aromatic heterocycles. The molecular formula is C23H31FeN3O3+. The number of para-hydroxylation sites is 2. The Balaban J connectivity index is 0.00000320. The van der Waals surface area contributed by atoms with E-state index in [0.717, 1.165) is 50.4 Å². The zero-order valence-corrected chi connectivity index (χ0v) is 18.6. The molecule has 6 nitrogen and oxygen atoms in total. The van der Waals surface area contributed by atoms with Gasteiger partial charge in [-0.2, -0.15) is 0 Å². The molecule has 0 bridgehead atoms. The summed E-state index contributed by atoms with van der Waals surface area (Å²) >= 11 is 0. The van der Waals surface area contributed by atoms with Crippen LogP contribution in [0.3, 0.4) is 0 Å². The number of nitrogens with zero attached hydrogens (tertiary/aromatic N) is 3. The zero-order chi connectivity index (χ0) is 20.6. The molecule has 0 aliphatic carbocycles. The van der Waals surface area contributed by atoms with Crippen molar-refractivity contribution in [2.45, 2.75) is 26.1 Å². The van der Waals surface area contributed by atoms with E-state index in [2.05, 4.69) is 14.7 Å². The molecule has 0 unspecified atom stereocenters. The van der Waals surface area contributed by atoms with Crippen LogP contribution < -0.4 is 10.2 Å². The first-order valence-electron chi connectivity index (χ1n) is 10.4. The maximum absolute atomic E-state index is 12.2. The van der Waals surface area contributed by atoms with E-state index in [1.54, 1.807) is 25.1 Å². The molecule has 3 rings (SSSR count). The minimum absolute atomic E-state index is 0. The van der Waals surface area contributed by atoms with Gasteiger partial charge in [-0.05, 0) is 18.2 Å². The van der Waals surface area contributed by atoms with Gasteiger partial charge in [0, 0.05) is 57.9 Å². The van der Waals surface area contributed by atoms with Crippen LogP contribution in [-0.4, -0.2) is 71.7 Å². The number of phenols is 1. The molecule has 1 fully saturated rings. The number of aromatic hydroxyl groups is 1.